The molecule has 3 rings (SSSR count). The fraction of sp³-hybridized carbons (Fsp3) is 0.100. The monoisotopic (exact) mass is 412 g/mol. The molecule has 29 heavy (non-hydrogen) atoms. The van der Waals surface area contributed by atoms with Crippen molar-refractivity contribution in [2.45, 2.75) is 6.92 Å². The molecule has 1 saturated heterocycles. The first-order valence-electron chi connectivity index (χ1n) is 8.33. The van der Waals surface area contributed by atoms with Crippen molar-refractivity contribution in [1.82, 2.24) is 5.32 Å². The van der Waals surface area contributed by atoms with Crippen molar-refractivity contribution >= 4 is 46.0 Å². The van der Waals surface area contributed by atoms with Gasteiger partial charge >= 0.3 is 11.9 Å². The van der Waals surface area contributed by atoms with E-state index in [0.29, 0.717) is 10.7 Å². The number of ether oxygens (including phenoxy) is 1. The van der Waals surface area contributed by atoms with Crippen LogP contribution >= 0.6 is 11.8 Å². The molecule has 1 amide bonds. The first kappa shape index (κ1) is 20.2. The molecular weight excluding hydrogens is 396 g/mol. The van der Waals surface area contributed by atoms with E-state index >= 15 is 0 Å². The summed E-state index contributed by atoms with van der Waals surface area (Å²) in [6.07, 6.45) is 0. The van der Waals surface area contributed by atoms with Crippen LogP contribution in [0.2, 0.25) is 0 Å². The van der Waals surface area contributed by atoms with Gasteiger partial charge in [0, 0.05) is 0 Å². The van der Waals surface area contributed by atoms with E-state index in [-0.39, 0.29) is 27.9 Å². The number of amides is 1. The van der Waals surface area contributed by atoms with Gasteiger partial charge < -0.3 is 20.3 Å². The summed E-state index contributed by atoms with van der Waals surface area (Å²) >= 11 is 1.10. The molecule has 1 heterocycles. The first-order chi connectivity index (χ1) is 13.8. The zero-order valence-corrected chi connectivity index (χ0v) is 16.2. The van der Waals surface area contributed by atoms with Crippen LogP contribution < -0.4 is 10.1 Å². The lowest BCUT2D eigenvalue weighted by Gasteiger charge is -2.05. The Hall–Kier alpha value is -3.59. The Kier molecular flexibility index (Phi) is 5.69. The highest BCUT2D eigenvalue weighted by Gasteiger charge is 2.26. The van der Waals surface area contributed by atoms with Gasteiger partial charge in [0.05, 0.1) is 28.8 Å². The second-order valence-corrected chi connectivity index (χ2v) is 7.03. The van der Waals surface area contributed by atoms with Crippen LogP contribution in [0, 0.1) is 0 Å². The number of allylic oxidation sites excluding steroid dienone is 1. The Morgan fingerprint density at radius 1 is 1.00 bits per heavy atom. The van der Waals surface area contributed by atoms with Gasteiger partial charge in [-0.25, -0.2) is 14.6 Å². The van der Waals surface area contributed by atoms with E-state index in [1.54, 1.807) is 26.2 Å². The maximum Gasteiger partial charge on any atom is 0.335 e. The molecular formula is C20H16N2O6S. The van der Waals surface area contributed by atoms with Crippen molar-refractivity contribution < 1.29 is 29.3 Å². The number of carbonyl (C=O) groups is 3. The number of thioether (sulfide) groups is 1. The van der Waals surface area contributed by atoms with E-state index in [0.717, 1.165) is 29.0 Å². The van der Waals surface area contributed by atoms with Gasteiger partial charge in [-0.2, -0.15) is 0 Å². The Labute approximate surface area is 169 Å². The summed E-state index contributed by atoms with van der Waals surface area (Å²) in [7, 11) is 1.57. The fourth-order valence-electron chi connectivity index (χ4n) is 2.63. The van der Waals surface area contributed by atoms with Crippen LogP contribution in [-0.4, -0.2) is 40.3 Å². The maximum absolute atomic E-state index is 12.4. The summed E-state index contributed by atoms with van der Waals surface area (Å²) in [6, 6.07) is 10.8. The highest BCUT2D eigenvalue weighted by atomic mass is 32.2. The van der Waals surface area contributed by atoms with Gasteiger partial charge in [-0.05, 0) is 60.2 Å². The fourth-order valence-corrected chi connectivity index (χ4v) is 3.53. The average Bonchev–Trinajstić information content (AvgIpc) is 3.07. The number of nitrogens with one attached hydrogen (secondary N) is 1. The quantitative estimate of drug-likeness (QED) is 0.643. The topological polar surface area (TPSA) is 125 Å². The normalized spacial score (nSPS) is 16.5. The molecule has 9 heteroatoms. The number of rotatable bonds is 5. The molecule has 3 N–H and O–H groups in total. The molecule has 1 aliphatic rings. The van der Waals surface area contributed by atoms with Gasteiger partial charge in [0.25, 0.3) is 5.91 Å². The van der Waals surface area contributed by atoms with Crippen molar-refractivity contribution in [3.63, 3.8) is 0 Å². The van der Waals surface area contributed by atoms with Crippen LogP contribution in [-0.2, 0) is 4.79 Å². The number of hydrogen-bond acceptors (Lipinski definition) is 6. The molecule has 0 radical (unpaired) electrons. The molecule has 0 unspecified atom stereocenters. The lowest BCUT2D eigenvalue weighted by Crippen LogP contribution is -2.19. The minimum absolute atomic E-state index is 0.119. The van der Waals surface area contributed by atoms with Crippen LogP contribution in [0.1, 0.15) is 33.2 Å². The number of aliphatic imine (C=N–C) groups is 1. The van der Waals surface area contributed by atoms with E-state index < -0.39 is 11.9 Å². The predicted octanol–water partition coefficient (Wildman–Crippen LogP) is 3.37. The Morgan fingerprint density at radius 3 is 2.10 bits per heavy atom. The van der Waals surface area contributed by atoms with Crippen LogP contribution in [0.4, 0.5) is 5.69 Å². The molecule has 0 spiro atoms. The van der Waals surface area contributed by atoms with Crippen molar-refractivity contribution in [2.75, 3.05) is 7.11 Å². The van der Waals surface area contributed by atoms with Crippen molar-refractivity contribution in [1.29, 1.82) is 0 Å². The molecule has 0 atom stereocenters. The Bertz CT molecular complexity index is 1040. The minimum atomic E-state index is -1.27. The molecule has 148 valence electrons. The largest absolute Gasteiger partial charge is 0.497 e. The minimum Gasteiger partial charge on any atom is -0.497 e. The van der Waals surface area contributed by atoms with E-state index in [2.05, 4.69) is 10.3 Å². The molecule has 1 fully saturated rings. The van der Waals surface area contributed by atoms with Gasteiger partial charge in [0.15, 0.2) is 5.17 Å². The van der Waals surface area contributed by atoms with Gasteiger partial charge in [-0.15, -0.1) is 0 Å². The van der Waals surface area contributed by atoms with Crippen molar-refractivity contribution in [2.24, 2.45) is 4.99 Å². The number of carboxylic acid groups (broad SMARTS) is 2. The summed E-state index contributed by atoms with van der Waals surface area (Å²) in [5.74, 6) is -2.18. The molecule has 2 aromatic rings. The lowest BCUT2D eigenvalue weighted by molar-refractivity contribution is -0.115. The summed E-state index contributed by atoms with van der Waals surface area (Å²) in [5, 5.41) is 21.2. The highest BCUT2D eigenvalue weighted by Crippen LogP contribution is 2.33. The zero-order valence-electron chi connectivity index (χ0n) is 15.4. The standard InChI is InChI=1S/C20H16N2O6S/c1-10(11-3-5-15(28-2)6-4-11)16-17(23)22-20(29-16)21-14-8-12(18(24)25)7-13(9-14)19(26)27/h3-9H,1-2H3,(H,24,25)(H,26,27)(H,21,22,23)/b16-10-. The molecule has 0 aliphatic carbocycles. The smallest absolute Gasteiger partial charge is 0.335 e. The number of carboxylic acids is 2. The molecule has 2 aromatic carbocycles. The summed E-state index contributed by atoms with van der Waals surface area (Å²) in [5.41, 5.74) is 1.29. The van der Waals surface area contributed by atoms with E-state index in [1.165, 1.54) is 12.1 Å². The SMILES string of the molecule is COc1ccc(/C(C)=C2\SC(=Nc3cc(C(=O)O)cc(C(=O)O)c3)NC2=O)cc1. The van der Waals surface area contributed by atoms with Gasteiger partial charge in [0.2, 0.25) is 0 Å². The number of hydrogen-bond donors (Lipinski definition) is 3. The summed E-state index contributed by atoms with van der Waals surface area (Å²) in [4.78, 5) is 39.5. The zero-order chi connectivity index (χ0) is 21.1. The van der Waals surface area contributed by atoms with Crippen LogP contribution in [0.3, 0.4) is 0 Å². The van der Waals surface area contributed by atoms with Gasteiger partial charge in [0.1, 0.15) is 5.75 Å². The Morgan fingerprint density at radius 2 is 1.59 bits per heavy atom. The van der Waals surface area contributed by atoms with E-state index in [4.69, 9.17) is 14.9 Å². The third-order valence-electron chi connectivity index (χ3n) is 4.13. The predicted molar refractivity (Wildman–Crippen MR) is 109 cm³/mol. The lowest BCUT2D eigenvalue weighted by atomic mass is 10.1. The third kappa shape index (κ3) is 4.46. The molecule has 0 saturated carbocycles. The molecule has 0 bridgehead atoms. The van der Waals surface area contributed by atoms with Gasteiger partial charge in [-0.3, -0.25) is 4.79 Å². The van der Waals surface area contributed by atoms with Crippen LogP contribution in [0.5, 0.6) is 5.75 Å². The van der Waals surface area contributed by atoms with Crippen LogP contribution in [0.15, 0.2) is 52.4 Å². The number of methoxy groups -OCH3 is 1. The summed E-state index contributed by atoms with van der Waals surface area (Å²) < 4.78 is 5.13. The molecule has 1 aliphatic heterocycles. The average molecular weight is 412 g/mol. The van der Waals surface area contributed by atoms with Gasteiger partial charge in [-0.1, -0.05) is 12.1 Å². The first-order valence-corrected chi connectivity index (χ1v) is 9.15. The maximum atomic E-state index is 12.4. The highest BCUT2D eigenvalue weighted by molar-refractivity contribution is 8.18. The van der Waals surface area contributed by atoms with E-state index in [9.17, 15) is 14.4 Å². The third-order valence-corrected chi connectivity index (χ3v) is 5.21. The number of aromatic carboxylic acids is 2. The summed E-state index contributed by atoms with van der Waals surface area (Å²) in [6.45, 7) is 1.81. The van der Waals surface area contributed by atoms with E-state index in [1.807, 2.05) is 12.1 Å². The second kappa shape index (κ2) is 8.19. The van der Waals surface area contributed by atoms with Crippen molar-refractivity contribution in [3.8, 4) is 5.75 Å². The molecule has 8 nitrogen and oxygen atoms in total. The van der Waals surface area contributed by atoms with Crippen LogP contribution in [0.25, 0.3) is 5.57 Å². The second-order valence-electron chi connectivity index (χ2n) is 6.03. The number of benzene rings is 2. The molecule has 0 aromatic heterocycles. The number of nitrogens with zero attached hydrogens (tertiary/aromatic N) is 1. The Balaban J connectivity index is 1.94. The number of amidine groups is 1. The number of carbonyl (C=O) groups excluding carboxylic acids is 1. The van der Waals surface area contributed by atoms with Crippen molar-refractivity contribution in [3.05, 3.63) is 64.1 Å².